The van der Waals surface area contributed by atoms with Crippen molar-refractivity contribution in [2.24, 2.45) is 0 Å². The third-order valence-electron chi connectivity index (χ3n) is 2.33. The molecule has 1 aromatic rings. The molecule has 0 saturated carbocycles. The molecule has 0 spiro atoms. The standard InChI is InChI=1S/C12H19BrN2OS/c1-2-14-8-9-15-12(16)5-3-4-10-6-7-11(13)17-10/h6-7,14H,2-5,8-9H2,1H3,(H,15,16). The number of halogens is 1. The summed E-state index contributed by atoms with van der Waals surface area (Å²) in [5.41, 5.74) is 0. The molecule has 0 aliphatic rings. The van der Waals surface area contributed by atoms with Gasteiger partial charge in [0.15, 0.2) is 0 Å². The van der Waals surface area contributed by atoms with Crippen LogP contribution in [-0.2, 0) is 11.2 Å². The van der Waals surface area contributed by atoms with Crippen LogP contribution in [0.15, 0.2) is 15.9 Å². The first-order valence-corrected chi connectivity index (χ1v) is 7.55. The lowest BCUT2D eigenvalue weighted by molar-refractivity contribution is -0.121. The summed E-state index contributed by atoms with van der Waals surface area (Å²) >= 11 is 5.17. The van der Waals surface area contributed by atoms with Crippen molar-refractivity contribution < 1.29 is 4.79 Å². The second-order valence-electron chi connectivity index (χ2n) is 3.76. The summed E-state index contributed by atoms with van der Waals surface area (Å²) in [5.74, 6) is 0.151. The van der Waals surface area contributed by atoms with E-state index in [1.54, 1.807) is 11.3 Å². The number of carbonyl (C=O) groups excluding carboxylic acids is 1. The Bertz CT molecular complexity index is 341. The maximum absolute atomic E-state index is 11.5. The van der Waals surface area contributed by atoms with E-state index in [9.17, 15) is 4.79 Å². The minimum Gasteiger partial charge on any atom is -0.355 e. The largest absolute Gasteiger partial charge is 0.355 e. The maximum atomic E-state index is 11.5. The van der Waals surface area contributed by atoms with Gasteiger partial charge in [-0.25, -0.2) is 0 Å². The molecule has 0 aliphatic carbocycles. The fourth-order valence-electron chi connectivity index (χ4n) is 1.46. The van der Waals surface area contributed by atoms with Crippen LogP contribution in [0, 0.1) is 0 Å². The van der Waals surface area contributed by atoms with Gasteiger partial charge < -0.3 is 10.6 Å². The molecule has 2 N–H and O–H groups in total. The van der Waals surface area contributed by atoms with Crippen LogP contribution in [0.2, 0.25) is 0 Å². The number of aryl methyl sites for hydroxylation is 1. The van der Waals surface area contributed by atoms with E-state index in [0.717, 1.165) is 36.3 Å². The molecule has 1 amide bonds. The minimum absolute atomic E-state index is 0.151. The van der Waals surface area contributed by atoms with Crippen molar-refractivity contribution in [1.82, 2.24) is 10.6 Å². The van der Waals surface area contributed by atoms with Crippen LogP contribution in [-0.4, -0.2) is 25.5 Å². The van der Waals surface area contributed by atoms with Gasteiger partial charge in [-0.05, 0) is 47.4 Å². The van der Waals surface area contributed by atoms with E-state index >= 15 is 0 Å². The average Bonchev–Trinajstić information content (AvgIpc) is 2.71. The Morgan fingerprint density at radius 1 is 1.41 bits per heavy atom. The first-order valence-electron chi connectivity index (χ1n) is 5.94. The van der Waals surface area contributed by atoms with Gasteiger partial charge in [0.25, 0.3) is 0 Å². The molecule has 1 aromatic heterocycles. The summed E-state index contributed by atoms with van der Waals surface area (Å²) in [5, 5.41) is 6.07. The molecule has 5 heteroatoms. The monoisotopic (exact) mass is 318 g/mol. The molecule has 3 nitrogen and oxygen atoms in total. The molecule has 0 bridgehead atoms. The van der Waals surface area contributed by atoms with Crippen LogP contribution in [0.5, 0.6) is 0 Å². The number of rotatable bonds is 8. The highest BCUT2D eigenvalue weighted by atomic mass is 79.9. The Labute approximate surface area is 115 Å². The van der Waals surface area contributed by atoms with Crippen molar-refractivity contribution in [2.75, 3.05) is 19.6 Å². The quantitative estimate of drug-likeness (QED) is 0.723. The number of nitrogens with one attached hydrogen (secondary N) is 2. The normalized spacial score (nSPS) is 10.5. The highest BCUT2D eigenvalue weighted by molar-refractivity contribution is 9.11. The lowest BCUT2D eigenvalue weighted by atomic mass is 10.2. The first kappa shape index (κ1) is 14.7. The van der Waals surface area contributed by atoms with Crippen molar-refractivity contribution in [2.45, 2.75) is 26.2 Å². The smallest absolute Gasteiger partial charge is 0.220 e. The summed E-state index contributed by atoms with van der Waals surface area (Å²) in [6.07, 6.45) is 2.51. The molecule has 0 atom stereocenters. The zero-order chi connectivity index (χ0) is 12.5. The van der Waals surface area contributed by atoms with Gasteiger partial charge in [-0.3, -0.25) is 4.79 Å². The molecule has 0 aliphatic heterocycles. The lowest BCUT2D eigenvalue weighted by Crippen LogP contribution is -2.31. The Kier molecular flexibility index (Phi) is 7.48. The number of likely N-dealkylation sites (N-methyl/N-ethyl adjacent to an activating group) is 1. The van der Waals surface area contributed by atoms with E-state index in [1.165, 1.54) is 4.88 Å². The van der Waals surface area contributed by atoms with Crippen molar-refractivity contribution in [3.8, 4) is 0 Å². The third kappa shape index (κ3) is 6.81. The fraction of sp³-hybridized carbons (Fsp3) is 0.583. The van der Waals surface area contributed by atoms with E-state index < -0.39 is 0 Å². The summed E-state index contributed by atoms with van der Waals surface area (Å²) in [6.45, 7) is 4.57. The number of carbonyl (C=O) groups is 1. The van der Waals surface area contributed by atoms with Gasteiger partial charge in [0.2, 0.25) is 5.91 Å². The number of thiophene rings is 1. The van der Waals surface area contributed by atoms with Crippen LogP contribution >= 0.6 is 27.3 Å². The molecular weight excluding hydrogens is 300 g/mol. The van der Waals surface area contributed by atoms with Crippen LogP contribution in [0.1, 0.15) is 24.6 Å². The molecule has 0 saturated heterocycles. The number of hydrogen-bond donors (Lipinski definition) is 2. The maximum Gasteiger partial charge on any atom is 0.220 e. The van der Waals surface area contributed by atoms with Crippen molar-refractivity contribution in [3.05, 3.63) is 20.8 Å². The minimum atomic E-state index is 0.151. The fourth-order valence-corrected chi connectivity index (χ4v) is 2.99. The Morgan fingerprint density at radius 3 is 2.88 bits per heavy atom. The van der Waals surface area contributed by atoms with E-state index in [-0.39, 0.29) is 5.91 Å². The number of amides is 1. The summed E-state index contributed by atoms with van der Waals surface area (Å²) in [7, 11) is 0. The van der Waals surface area contributed by atoms with Gasteiger partial charge >= 0.3 is 0 Å². The molecule has 0 unspecified atom stereocenters. The summed E-state index contributed by atoms with van der Waals surface area (Å²) in [4.78, 5) is 12.8. The molecule has 96 valence electrons. The molecule has 0 radical (unpaired) electrons. The Hall–Kier alpha value is -0.390. The van der Waals surface area contributed by atoms with E-state index in [0.29, 0.717) is 6.42 Å². The third-order valence-corrected chi connectivity index (χ3v) is 4.01. The molecule has 0 fully saturated rings. The second-order valence-corrected chi connectivity index (χ2v) is 6.31. The highest BCUT2D eigenvalue weighted by Gasteiger charge is 2.02. The van der Waals surface area contributed by atoms with Gasteiger partial charge in [0.05, 0.1) is 3.79 Å². The molecule has 17 heavy (non-hydrogen) atoms. The van der Waals surface area contributed by atoms with E-state index in [1.807, 2.05) is 0 Å². The summed E-state index contributed by atoms with van der Waals surface area (Å²) < 4.78 is 1.16. The SMILES string of the molecule is CCNCCNC(=O)CCCc1ccc(Br)s1. The van der Waals surface area contributed by atoms with Crippen LogP contribution in [0.25, 0.3) is 0 Å². The Morgan fingerprint density at radius 2 is 2.24 bits per heavy atom. The molecular formula is C12H19BrN2OS. The predicted octanol–water partition coefficient (Wildman–Crippen LogP) is 2.56. The van der Waals surface area contributed by atoms with Crippen molar-refractivity contribution in [1.29, 1.82) is 0 Å². The van der Waals surface area contributed by atoms with Gasteiger partial charge in [-0.2, -0.15) is 0 Å². The van der Waals surface area contributed by atoms with Gasteiger partial charge in [0, 0.05) is 24.4 Å². The van der Waals surface area contributed by atoms with E-state index in [4.69, 9.17) is 0 Å². The second kappa shape index (κ2) is 8.66. The van der Waals surface area contributed by atoms with Crippen LogP contribution < -0.4 is 10.6 Å². The number of hydrogen-bond acceptors (Lipinski definition) is 3. The Balaban J connectivity index is 2.04. The molecule has 1 heterocycles. The van der Waals surface area contributed by atoms with Crippen molar-refractivity contribution in [3.63, 3.8) is 0 Å². The topological polar surface area (TPSA) is 41.1 Å². The zero-order valence-electron chi connectivity index (χ0n) is 10.1. The molecule has 1 rings (SSSR count). The van der Waals surface area contributed by atoms with Crippen LogP contribution in [0.3, 0.4) is 0 Å². The first-order chi connectivity index (χ1) is 8.22. The summed E-state index contributed by atoms with van der Waals surface area (Å²) in [6, 6.07) is 4.16. The molecule has 0 aromatic carbocycles. The van der Waals surface area contributed by atoms with Gasteiger partial charge in [0.1, 0.15) is 0 Å². The van der Waals surface area contributed by atoms with Crippen molar-refractivity contribution >= 4 is 33.2 Å². The van der Waals surface area contributed by atoms with Gasteiger partial charge in [-0.1, -0.05) is 6.92 Å². The van der Waals surface area contributed by atoms with E-state index in [2.05, 4.69) is 45.6 Å². The average molecular weight is 319 g/mol. The lowest BCUT2D eigenvalue weighted by Gasteiger charge is -2.04. The van der Waals surface area contributed by atoms with Crippen LogP contribution in [0.4, 0.5) is 0 Å². The highest BCUT2D eigenvalue weighted by Crippen LogP contribution is 2.23. The van der Waals surface area contributed by atoms with Gasteiger partial charge in [-0.15, -0.1) is 11.3 Å². The predicted molar refractivity (Wildman–Crippen MR) is 76.5 cm³/mol. The zero-order valence-corrected chi connectivity index (χ0v) is 12.5.